The van der Waals surface area contributed by atoms with Gasteiger partial charge in [0, 0.05) is 39.1 Å². The van der Waals surface area contributed by atoms with E-state index in [1.165, 1.54) is 0 Å². The maximum atomic E-state index is 6.03. The monoisotopic (exact) mass is 301 g/mol. The highest BCUT2D eigenvalue weighted by Crippen LogP contribution is 2.19. The zero-order valence-corrected chi connectivity index (χ0v) is 13.0. The number of benzene rings is 1. The van der Waals surface area contributed by atoms with Crippen LogP contribution in [0.3, 0.4) is 0 Å². The molecule has 0 bridgehead atoms. The molecule has 1 fully saturated rings. The summed E-state index contributed by atoms with van der Waals surface area (Å²) in [7, 11) is 1.72. The van der Waals surface area contributed by atoms with Crippen LogP contribution in [0.1, 0.15) is 12.2 Å². The predicted molar refractivity (Wildman–Crippen MR) is 84.9 cm³/mol. The van der Waals surface area contributed by atoms with Gasteiger partial charge >= 0.3 is 0 Å². The number of hydrogen-bond acceptors (Lipinski definition) is 4. The van der Waals surface area contributed by atoms with E-state index < -0.39 is 0 Å². The first-order valence-electron chi connectivity index (χ1n) is 7.78. The lowest BCUT2D eigenvalue weighted by molar-refractivity contribution is 0.182. The molecule has 3 rings (SSSR count). The molecule has 22 heavy (non-hydrogen) atoms. The summed E-state index contributed by atoms with van der Waals surface area (Å²) in [5.74, 6) is 2.05. The fourth-order valence-electron chi connectivity index (χ4n) is 2.81. The Balaban J connectivity index is 1.52. The molecule has 1 saturated heterocycles. The van der Waals surface area contributed by atoms with Crippen molar-refractivity contribution in [2.45, 2.75) is 25.6 Å². The molecule has 0 unspecified atom stereocenters. The van der Waals surface area contributed by atoms with Crippen LogP contribution in [0.15, 0.2) is 42.7 Å². The van der Waals surface area contributed by atoms with Crippen molar-refractivity contribution < 1.29 is 9.47 Å². The third-order valence-corrected chi connectivity index (χ3v) is 3.98. The first-order chi connectivity index (χ1) is 10.8. The second-order valence-electron chi connectivity index (χ2n) is 5.61. The summed E-state index contributed by atoms with van der Waals surface area (Å²) in [6.07, 6.45) is 5.21. The Hall–Kier alpha value is -1.85. The van der Waals surface area contributed by atoms with Crippen LogP contribution in [0.25, 0.3) is 0 Å². The van der Waals surface area contributed by atoms with Gasteiger partial charge in [0.1, 0.15) is 17.7 Å². The van der Waals surface area contributed by atoms with Gasteiger partial charge in [0.25, 0.3) is 0 Å². The highest BCUT2D eigenvalue weighted by molar-refractivity contribution is 5.21. The van der Waals surface area contributed by atoms with E-state index in [9.17, 15) is 0 Å². The van der Waals surface area contributed by atoms with E-state index in [0.29, 0.717) is 6.61 Å². The van der Waals surface area contributed by atoms with Crippen LogP contribution in [0.4, 0.5) is 0 Å². The zero-order valence-electron chi connectivity index (χ0n) is 13.0. The lowest BCUT2D eigenvalue weighted by Crippen LogP contribution is -2.26. The molecule has 2 aromatic rings. The number of methoxy groups -OCH3 is 1. The average Bonchev–Trinajstić information content (AvgIpc) is 3.16. The van der Waals surface area contributed by atoms with E-state index >= 15 is 0 Å². The molecule has 0 aliphatic carbocycles. The Morgan fingerprint density at radius 2 is 2.14 bits per heavy atom. The normalized spacial score (nSPS) is 18.7. The van der Waals surface area contributed by atoms with Crippen LogP contribution in [0.2, 0.25) is 0 Å². The number of likely N-dealkylation sites (tertiary alicyclic amines) is 1. The summed E-state index contributed by atoms with van der Waals surface area (Å²) in [4.78, 5) is 6.87. The molecule has 1 aliphatic heterocycles. The quantitative estimate of drug-likeness (QED) is 0.786. The number of para-hydroxylation sites is 1. The van der Waals surface area contributed by atoms with Gasteiger partial charge < -0.3 is 14.0 Å². The molecule has 1 atom stereocenters. The summed E-state index contributed by atoms with van der Waals surface area (Å²) >= 11 is 0. The molecule has 0 radical (unpaired) electrons. The summed E-state index contributed by atoms with van der Waals surface area (Å²) in [6.45, 7) is 4.43. The second kappa shape index (κ2) is 7.42. The summed E-state index contributed by atoms with van der Waals surface area (Å²) in [6, 6.07) is 10.1. The summed E-state index contributed by atoms with van der Waals surface area (Å²) in [5.41, 5.74) is 0. The fourth-order valence-corrected chi connectivity index (χ4v) is 2.81. The first kappa shape index (κ1) is 15.1. The Kier molecular flexibility index (Phi) is 5.08. The number of rotatable bonds is 7. The summed E-state index contributed by atoms with van der Waals surface area (Å²) < 4.78 is 13.3. The van der Waals surface area contributed by atoms with Gasteiger partial charge in [-0.2, -0.15) is 0 Å². The number of ether oxygens (including phenoxy) is 2. The molecule has 1 aromatic carbocycles. The van der Waals surface area contributed by atoms with Crippen molar-refractivity contribution in [3.05, 3.63) is 48.5 Å². The predicted octanol–water partition coefficient (Wildman–Crippen LogP) is 2.18. The largest absolute Gasteiger partial charge is 0.489 e. The molecule has 1 aromatic heterocycles. The van der Waals surface area contributed by atoms with Gasteiger partial charge in [-0.1, -0.05) is 18.2 Å². The highest BCUT2D eigenvalue weighted by Gasteiger charge is 2.24. The van der Waals surface area contributed by atoms with E-state index in [-0.39, 0.29) is 6.10 Å². The molecule has 0 saturated carbocycles. The van der Waals surface area contributed by atoms with Gasteiger partial charge in [-0.25, -0.2) is 4.98 Å². The first-order valence-corrected chi connectivity index (χ1v) is 7.78. The van der Waals surface area contributed by atoms with Crippen molar-refractivity contribution in [2.24, 2.45) is 0 Å². The van der Waals surface area contributed by atoms with E-state index in [0.717, 1.165) is 44.2 Å². The third-order valence-electron chi connectivity index (χ3n) is 3.98. The van der Waals surface area contributed by atoms with Crippen molar-refractivity contribution in [1.29, 1.82) is 0 Å². The summed E-state index contributed by atoms with van der Waals surface area (Å²) in [5, 5.41) is 0. The number of imidazole rings is 1. The van der Waals surface area contributed by atoms with Crippen molar-refractivity contribution in [3.8, 4) is 5.75 Å². The molecule has 5 nitrogen and oxygen atoms in total. The second-order valence-corrected chi connectivity index (χ2v) is 5.61. The number of hydrogen-bond donors (Lipinski definition) is 0. The fraction of sp³-hybridized carbons (Fsp3) is 0.471. The van der Waals surface area contributed by atoms with Gasteiger partial charge in [-0.05, 0) is 18.6 Å². The minimum absolute atomic E-state index is 0.268. The maximum Gasteiger partial charge on any atom is 0.122 e. The topological polar surface area (TPSA) is 39.5 Å². The maximum absolute atomic E-state index is 6.03. The van der Waals surface area contributed by atoms with E-state index in [2.05, 4.69) is 14.5 Å². The van der Waals surface area contributed by atoms with Crippen LogP contribution in [-0.2, 0) is 17.8 Å². The van der Waals surface area contributed by atoms with Gasteiger partial charge in [0.05, 0.1) is 13.2 Å². The third kappa shape index (κ3) is 3.87. The van der Waals surface area contributed by atoms with Crippen LogP contribution in [-0.4, -0.2) is 47.4 Å². The van der Waals surface area contributed by atoms with Gasteiger partial charge in [0.2, 0.25) is 0 Å². The van der Waals surface area contributed by atoms with Crippen LogP contribution in [0, 0.1) is 0 Å². The molecule has 0 amide bonds. The Morgan fingerprint density at radius 3 is 2.95 bits per heavy atom. The average molecular weight is 301 g/mol. The molecule has 1 aliphatic rings. The van der Waals surface area contributed by atoms with Crippen LogP contribution < -0.4 is 4.74 Å². The molecular weight excluding hydrogens is 278 g/mol. The van der Waals surface area contributed by atoms with Crippen molar-refractivity contribution in [1.82, 2.24) is 14.5 Å². The minimum Gasteiger partial charge on any atom is -0.489 e. The van der Waals surface area contributed by atoms with E-state index in [1.54, 1.807) is 7.11 Å². The number of aromatic nitrogens is 2. The lowest BCUT2D eigenvalue weighted by Gasteiger charge is -2.17. The molecule has 118 valence electrons. The highest BCUT2D eigenvalue weighted by atomic mass is 16.5. The lowest BCUT2D eigenvalue weighted by atomic mass is 10.3. The molecular formula is C17H23N3O2. The smallest absolute Gasteiger partial charge is 0.122 e. The van der Waals surface area contributed by atoms with Crippen molar-refractivity contribution >= 4 is 0 Å². The number of nitrogens with zero attached hydrogens (tertiary/aromatic N) is 3. The Morgan fingerprint density at radius 1 is 1.27 bits per heavy atom. The van der Waals surface area contributed by atoms with E-state index in [1.807, 2.05) is 42.7 Å². The molecule has 0 spiro atoms. The standard InChI is InChI=1S/C17H23N3O2/c1-21-12-11-20-10-8-18-17(20)14-19-9-7-16(13-19)22-15-5-3-2-4-6-15/h2-6,8,10,16H,7,9,11-14H2,1H3/t16-/m1/s1. The van der Waals surface area contributed by atoms with Crippen LogP contribution >= 0.6 is 0 Å². The van der Waals surface area contributed by atoms with Gasteiger partial charge in [-0.3, -0.25) is 4.90 Å². The van der Waals surface area contributed by atoms with Crippen molar-refractivity contribution in [3.63, 3.8) is 0 Å². The van der Waals surface area contributed by atoms with Crippen molar-refractivity contribution in [2.75, 3.05) is 26.8 Å². The molecule has 2 heterocycles. The zero-order chi connectivity index (χ0) is 15.2. The molecule has 0 N–H and O–H groups in total. The van der Waals surface area contributed by atoms with E-state index in [4.69, 9.17) is 9.47 Å². The van der Waals surface area contributed by atoms with Gasteiger partial charge in [0.15, 0.2) is 0 Å². The Labute approximate surface area is 131 Å². The van der Waals surface area contributed by atoms with Gasteiger partial charge in [-0.15, -0.1) is 0 Å². The van der Waals surface area contributed by atoms with Crippen LogP contribution in [0.5, 0.6) is 5.75 Å². The minimum atomic E-state index is 0.268. The molecule has 5 heteroatoms. The Bertz CT molecular complexity index is 570. The SMILES string of the molecule is COCCn1ccnc1CN1CC[C@@H](Oc2ccccc2)C1.